The van der Waals surface area contributed by atoms with Gasteiger partial charge in [0.05, 0.1) is 0 Å². The van der Waals surface area contributed by atoms with Crippen LogP contribution in [0.25, 0.3) is 0 Å². The average molecular weight is 268 g/mol. The third-order valence-corrected chi connectivity index (χ3v) is 4.21. The van der Waals surface area contributed by atoms with Gasteiger partial charge in [0.2, 0.25) is 0 Å². The van der Waals surface area contributed by atoms with E-state index in [9.17, 15) is 4.79 Å². The van der Waals surface area contributed by atoms with Crippen LogP contribution in [0.5, 0.6) is 0 Å². The minimum Gasteiger partial charge on any atom is -0.445 e. The lowest BCUT2D eigenvalue weighted by atomic mass is 9.79. The molecule has 0 spiro atoms. The van der Waals surface area contributed by atoms with Crippen molar-refractivity contribution in [2.45, 2.75) is 31.4 Å². The number of thioether (sulfide) groups is 1. The van der Waals surface area contributed by atoms with E-state index in [1.165, 1.54) is 11.8 Å². The maximum Gasteiger partial charge on any atom is 0.289 e. The Morgan fingerprint density at radius 2 is 2.28 bits per heavy atom. The number of nitrogens with two attached hydrogens (primary N) is 1. The van der Waals surface area contributed by atoms with Gasteiger partial charge in [-0.05, 0) is 30.2 Å². The zero-order valence-electron chi connectivity index (χ0n) is 11.1. The van der Waals surface area contributed by atoms with Gasteiger partial charge in [0, 0.05) is 19.1 Å². The monoisotopic (exact) mass is 268 g/mol. The van der Waals surface area contributed by atoms with Gasteiger partial charge in [-0.25, -0.2) is 0 Å². The van der Waals surface area contributed by atoms with E-state index in [-0.39, 0.29) is 17.4 Å². The number of likely N-dealkylation sites (tertiary alicyclic amines) is 1. The molecule has 1 atom stereocenters. The van der Waals surface area contributed by atoms with Gasteiger partial charge in [0.25, 0.3) is 5.91 Å². The molecule has 1 aromatic heterocycles. The van der Waals surface area contributed by atoms with Gasteiger partial charge in [0.15, 0.2) is 10.9 Å². The molecule has 1 fully saturated rings. The molecular weight excluding hydrogens is 248 g/mol. The van der Waals surface area contributed by atoms with Crippen LogP contribution in [0.15, 0.2) is 21.6 Å². The predicted octanol–water partition coefficient (Wildman–Crippen LogP) is 2.20. The van der Waals surface area contributed by atoms with E-state index in [0.717, 1.165) is 11.5 Å². The Bertz CT molecular complexity index is 442. The summed E-state index contributed by atoms with van der Waals surface area (Å²) in [6.45, 7) is 5.60. The molecule has 1 aliphatic heterocycles. The number of carbonyl (C=O) groups is 1. The van der Waals surface area contributed by atoms with Crippen LogP contribution < -0.4 is 5.73 Å². The van der Waals surface area contributed by atoms with Gasteiger partial charge in [-0.3, -0.25) is 4.79 Å². The summed E-state index contributed by atoms with van der Waals surface area (Å²) in [6.07, 6.45) is 2.77. The molecule has 0 aromatic carbocycles. The van der Waals surface area contributed by atoms with Crippen molar-refractivity contribution in [3.8, 4) is 0 Å². The first-order valence-electron chi connectivity index (χ1n) is 6.13. The highest BCUT2D eigenvalue weighted by atomic mass is 32.2. The first-order chi connectivity index (χ1) is 8.44. The van der Waals surface area contributed by atoms with E-state index < -0.39 is 0 Å². The summed E-state index contributed by atoms with van der Waals surface area (Å²) in [5, 5.41) is 0.770. The highest BCUT2D eigenvalue weighted by Gasteiger charge is 2.36. The van der Waals surface area contributed by atoms with Crippen LogP contribution >= 0.6 is 11.8 Å². The van der Waals surface area contributed by atoms with Crippen LogP contribution in [0.4, 0.5) is 0 Å². The highest BCUT2D eigenvalue weighted by molar-refractivity contribution is 7.98. The molecule has 2 heterocycles. The second-order valence-electron chi connectivity index (χ2n) is 5.43. The molecular formula is C13H20N2O2S. The van der Waals surface area contributed by atoms with Crippen LogP contribution in [0, 0.1) is 5.41 Å². The molecule has 18 heavy (non-hydrogen) atoms. The van der Waals surface area contributed by atoms with Gasteiger partial charge < -0.3 is 15.1 Å². The summed E-state index contributed by atoms with van der Waals surface area (Å²) >= 11 is 1.50. The maximum absolute atomic E-state index is 12.3. The van der Waals surface area contributed by atoms with Gasteiger partial charge in [-0.2, -0.15) is 0 Å². The second-order valence-corrected chi connectivity index (χ2v) is 6.24. The van der Waals surface area contributed by atoms with Crippen molar-refractivity contribution in [1.29, 1.82) is 0 Å². The molecule has 2 rings (SSSR count). The zero-order chi connectivity index (χ0) is 13.3. The van der Waals surface area contributed by atoms with E-state index in [2.05, 4.69) is 13.8 Å². The number of amides is 1. The molecule has 2 N–H and O–H groups in total. The quantitative estimate of drug-likeness (QED) is 0.835. The van der Waals surface area contributed by atoms with Crippen LogP contribution in [0.3, 0.4) is 0 Å². The van der Waals surface area contributed by atoms with Crippen molar-refractivity contribution in [3.05, 3.63) is 17.9 Å². The molecule has 1 saturated heterocycles. The second kappa shape index (κ2) is 4.97. The Balaban J connectivity index is 2.10. The van der Waals surface area contributed by atoms with Gasteiger partial charge >= 0.3 is 0 Å². The fraction of sp³-hybridized carbons (Fsp3) is 0.615. The van der Waals surface area contributed by atoms with Gasteiger partial charge in [0.1, 0.15) is 0 Å². The molecule has 100 valence electrons. The molecule has 5 heteroatoms. The first kappa shape index (κ1) is 13.5. The van der Waals surface area contributed by atoms with Crippen molar-refractivity contribution >= 4 is 17.7 Å². The molecule has 0 aliphatic carbocycles. The number of furan rings is 1. The summed E-state index contributed by atoms with van der Waals surface area (Å²) in [7, 11) is 0. The third kappa shape index (κ3) is 2.57. The normalized spacial score (nSPS) is 23.1. The van der Waals surface area contributed by atoms with Crippen LogP contribution in [-0.4, -0.2) is 36.2 Å². The van der Waals surface area contributed by atoms with E-state index in [0.29, 0.717) is 18.8 Å². The maximum atomic E-state index is 12.3. The van der Waals surface area contributed by atoms with Gasteiger partial charge in [-0.1, -0.05) is 25.6 Å². The topological polar surface area (TPSA) is 59.5 Å². The largest absolute Gasteiger partial charge is 0.445 e. The highest BCUT2D eigenvalue weighted by Crippen LogP contribution is 2.29. The fourth-order valence-electron chi connectivity index (χ4n) is 2.25. The number of rotatable bonds is 2. The lowest BCUT2D eigenvalue weighted by Gasteiger charge is -2.42. The predicted molar refractivity (Wildman–Crippen MR) is 72.8 cm³/mol. The average Bonchev–Trinajstić information content (AvgIpc) is 2.80. The van der Waals surface area contributed by atoms with Crippen molar-refractivity contribution in [2.75, 3.05) is 19.3 Å². The standard InChI is InChI=1S/C13H20N2O2S/c1-13(2)8-15(7-6-10(13)14)12(16)9-4-5-11(17-9)18-3/h4-5,10H,6-8,14H2,1-3H3. The molecule has 0 saturated carbocycles. The molecule has 1 aliphatic rings. The Morgan fingerprint density at radius 3 is 2.83 bits per heavy atom. The van der Waals surface area contributed by atoms with Crippen molar-refractivity contribution in [1.82, 2.24) is 4.90 Å². The summed E-state index contributed by atoms with van der Waals surface area (Å²) in [6, 6.07) is 3.73. The Kier molecular flexibility index (Phi) is 3.73. The molecule has 1 amide bonds. The van der Waals surface area contributed by atoms with E-state index in [1.54, 1.807) is 6.07 Å². The summed E-state index contributed by atoms with van der Waals surface area (Å²) in [5.41, 5.74) is 6.04. The molecule has 0 bridgehead atoms. The molecule has 4 nitrogen and oxygen atoms in total. The SMILES string of the molecule is CSc1ccc(C(=O)N2CCC(N)C(C)(C)C2)o1. The number of hydrogen-bond donors (Lipinski definition) is 1. The van der Waals surface area contributed by atoms with Gasteiger partial charge in [-0.15, -0.1) is 0 Å². The van der Waals surface area contributed by atoms with Crippen LogP contribution in [0.2, 0.25) is 0 Å². The smallest absolute Gasteiger partial charge is 0.289 e. The van der Waals surface area contributed by atoms with E-state index in [1.807, 2.05) is 17.2 Å². The zero-order valence-corrected chi connectivity index (χ0v) is 11.9. The summed E-state index contributed by atoms with van der Waals surface area (Å²) in [5.74, 6) is 0.390. The minimum absolute atomic E-state index is 0.0322. The van der Waals surface area contributed by atoms with Crippen molar-refractivity contribution < 1.29 is 9.21 Å². The lowest BCUT2D eigenvalue weighted by Crippen LogP contribution is -2.53. The summed E-state index contributed by atoms with van der Waals surface area (Å²) < 4.78 is 5.48. The molecule has 1 unspecified atom stereocenters. The number of nitrogens with zero attached hydrogens (tertiary/aromatic N) is 1. The van der Waals surface area contributed by atoms with Crippen molar-refractivity contribution in [2.24, 2.45) is 11.1 Å². The number of hydrogen-bond acceptors (Lipinski definition) is 4. The Hall–Kier alpha value is -0.940. The number of carbonyl (C=O) groups excluding carboxylic acids is 1. The van der Waals surface area contributed by atoms with E-state index in [4.69, 9.17) is 10.2 Å². The van der Waals surface area contributed by atoms with Crippen molar-refractivity contribution in [3.63, 3.8) is 0 Å². The minimum atomic E-state index is -0.0389. The van der Waals surface area contributed by atoms with Crippen LogP contribution in [-0.2, 0) is 0 Å². The Labute approximate surface area is 112 Å². The fourth-order valence-corrected chi connectivity index (χ4v) is 2.63. The first-order valence-corrected chi connectivity index (χ1v) is 7.35. The Morgan fingerprint density at radius 1 is 1.56 bits per heavy atom. The molecule has 1 aromatic rings. The van der Waals surface area contributed by atoms with Crippen LogP contribution in [0.1, 0.15) is 30.8 Å². The lowest BCUT2D eigenvalue weighted by molar-refractivity contribution is 0.0499. The molecule has 0 radical (unpaired) electrons. The van der Waals surface area contributed by atoms with E-state index >= 15 is 0 Å². The summed E-state index contributed by atoms with van der Waals surface area (Å²) in [4.78, 5) is 14.1. The number of piperidine rings is 1. The third-order valence-electron chi connectivity index (χ3n) is 3.59.